The van der Waals surface area contributed by atoms with Crippen molar-refractivity contribution in [3.63, 3.8) is 0 Å². The molecule has 10 aromatic rings. The largest absolute Gasteiger partial charge is 0.455 e. The number of para-hydroxylation sites is 1. The van der Waals surface area contributed by atoms with Gasteiger partial charge in [0.05, 0.1) is 5.56 Å². The van der Waals surface area contributed by atoms with E-state index in [0.717, 1.165) is 60.9 Å². The van der Waals surface area contributed by atoms with E-state index in [-0.39, 0.29) is 0 Å². The summed E-state index contributed by atoms with van der Waals surface area (Å²) in [5.41, 5.74) is 8.49. The van der Waals surface area contributed by atoms with Crippen LogP contribution in [-0.2, 0) is 0 Å². The molecule has 0 unspecified atom stereocenters. The van der Waals surface area contributed by atoms with E-state index in [1.807, 2.05) is 78.2 Å². The molecule has 0 aliphatic heterocycles. The Bertz CT molecular complexity index is 2880. The fourth-order valence-electron chi connectivity index (χ4n) is 6.85. The van der Waals surface area contributed by atoms with Gasteiger partial charge in [-0.25, -0.2) is 15.0 Å². The summed E-state index contributed by atoms with van der Waals surface area (Å²) in [4.78, 5) is 19.5. The molecule has 0 radical (unpaired) electrons. The molecule has 0 saturated heterocycles. The normalized spacial score (nSPS) is 11.6. The monoisotopic (exact) mass is 658 g/mol. The van der Waals surface area contributed by atoms with E-state index in [2.05, 4.69) is 89.9 Å². The number of rotatable bonds is 5. The molecule has 0 atom stereocenters. The van der Waals surface area contributed by atoms with Gasteiger partial charge in [0.25, 0.3) is 0 Å². The zero-order valence-corrected chi connectivity index (χ0v) is 27.4. The minimum Gasteiger partial charge on any atom is -0.455 e. The first kappa shape index (κ1) is 28.5. The molecule has 6 heteroatoms. The Balaban J connectivity index is 1.20. The minimum absolute atomic E-state index is 0.551. The smallest absolute Gasteiger partial charge is 0.167 e. The highest BCUT2D eigenvalue weighted by Crippen LogP contribution is 2.43. The molecular weight excluding hydrogens is 633 g/mol. The van der Waals surface area contributed by atoms with Gasteiger partial charge in [0.1, 0.15) is 11.2 Å². The van der Waals surface area contributed by atoms with Crippen LogP contribution in [0.2, 0.25) is 0 Å². The van der Waals surface area contributed by atoms with Gasteiger partial charge >= 0.3 is 0 Å². The predicted octanol–water partition coefficient (Wildman–Crippen LogP) is 11.9. The lowest BCUT2D eigenvalue weighted by Crippen LogP contribution is -2.00. The summed E-state index contributed by atoms with van der Waals surface area (Å²) in [5, 5.41) is 4.63. The first-order chi connectivity index (χ1) is 24.8. The summed E-state index contributed by atoms with van der Waals surface area (Å²) in [5.74, 6) is 1.73. The van der Waals surface area contributed by atoms with Gasteiger partial charge in [-0.15, -0.1) is 11.3 Å². The third kappa shape index (κ3) is 4.77. The summed E-state index contributed by atoms with van der Waals surface area (Å²) in [6, 6.07) is 50.2. The van der Waals surface area contributed by atoms with Gasteiger partial charge in [-0.3, -0.25) is 4.98 Å². The number of furan rings is 1. The van der Waals surface area contributed by atoms with Crippen molar-refractivity contribution in [2.75, 3.05) is 0 Å². The van der Waals surface area contributed by atoms with Gasteiger partial charge in [0, 0.05) is 60.0 Å². The molecule has 50 heavy (non-hydrogen) atoms. The number of pyridine rings is 1. The van der Waals surface area contributed by atoms with Crippen LogP contribution in [-0.4, -0.2) is 19.9 Å². The van der Waals surface area contributed by atoms with Gasteiger partial charge < -0.3 is 4.42 Å². The quantitative estimate of drug-likeness (QED) is 0.184. The molecule has 234 valence electrons. The van der Waals surface area contributed by atoms with Crippen molar-refractivity contribution >= 4 is 53.4 Å². The van der Waals surface area contributed by atoms with Crippen LogP contribution in [0.4, 0.5) is 0 Å². The summed E-state index contributed by atoms with van der Waals surface area (Å²) in [7, 11) is 0. The van der Waals surface area contributed by atoms with Crippen LogP contribution >= 0.6 is 11.3 Å². The van der Waals surface area contributed by atoms with E-state index < -0.39 is 0 Å². The fourth-order valence-corrected chi connectivity index (χ4v) is 7.94. The van der Waals surface area contributed by atoms with Crippen molar-refractivity contribution in [3.05, 3.63) is 158 Å². The molecule has 6 aromatic carbocycles. The van der Waals surface area contributed by atoms with E-state index in [1.54, 1.807) is 6.20 Å². The molecule has 0 fully saturated rings. The SMILES string of the molecule is c1ccc(-c2nc(-c3cccc(-c4cccnc4)c3)nc(-c3ccc(-c4ccc5sc6ccccc6c5c4)c4c3oc3ccccc34)n2)cc1. The van der Waals surface area contributed by atoms with Gasteiger partial charge in [-0.2, -0.15) is 0 Å². The number of thiophene rings is 1. The molecule has 0 aliphatic rings. The minimum atomic E-state index is 0.551. The molecule has 10 rings (SSSR count). The average molecular weight is 659 g/mol. The lowest BCUT2D eigenvalue weighted by Gasteiger charge is -2.11. The Kier molecular flexibility index (Phi) is 6.60. The Hall–Kier alpha value is -6.50. The molecule has 4 heterocycles. The molecule has 0 spiro atoms. The van der Waals surface area contributed by atoms with Gasteiger partial charge in [0.2, 0.25) is 0 Å². The van der Waals surface area contributed by atoms with Crippen molar-refractivity contribution < 1.29 is 4.42 Å². The Morgan fingerprint density at radius 1 is 0.440 bits per heavy atom. The van der Waals surface area contributed by atoms with Gasteiger partial charge in [-0.05, 0) is 59.2 Å². The Morgan fingerprint density at radius 2 is 1.14 bits per heavy atom. The third-order valence-electron chi connectivity index (χ3n) is 9.24. The Morgan fingerprint density at radius 3 is 2.02 bits per heavy atom. The van der Waals surface area contributed by atoms with Crippen molar-refractivity contribution in [1.29, 1.82) is 0 Å². The molecular formula is C44H26N4OS. The molecule has 0 aliphatic carbocycles. The fraction of sp³-hybridized carbons (Fsp3) is 0. The molecule has 0 bridgehead atoms. The molecule has 4 aromatic heterocycles. The zero-order chi connectivity index (χ0) is 33.0. The van der Waals surface area contributed by atoms with E-state index in [4.69, 9.17) is 19.4 Å². The summed E-state index contributed by atoms with van der Waals surface area (Å²) < 4.78 is 9.27. The van der Waals surface area contributed by atoms with Crippen molar-refractivity contribution in [1.82, 2.24) is 19.9 Å². The second kappa shape index (κ2) is 11.6. The van der Waals surface area contributed by atoms with E-state index in [0.29, 0.717) is 17.5 Å². The zero-order valence-electron chi connectivity index (χ0n) is 26.6. The molecule has 0 amide bonds. The number of benzene rings is 6. The topological polar surface area (TPSA) is 64.7 Å². The van der Waals surface area contributed by atoms with E-state index in [9.17, 15) is 0 Å². The average Bonchev–Trinajstić information content (AvgIpc) is 3.77. The second-order valence-corrected chi connectivity index (χ2v) is 13.4. The summed E-state index contributed by atoms with van der Waals surface area (Å²) in [6.45, 7) is 0. The van der Waals surface area contributed by atoms with Crippen LogP contribution in [0.3, 0.4) is 0 Å². The van der Waals surface area contributed by atoms with Gasteiger partial charge in [-0.1, -0.05) is 103 Å². The highest BCUT2D eigenvalue weighted by atomic mass is 32.1. The van der Waals surface area contributed by atoms with Crippen LogP contribution < -0.4 is 0 Å². The standard InChI is InChI=1S/C44H26N4OS/c1-2-10-27(11-3-1)42-46-43(30-13-8-12-28(24-30)31-14-9-23-45-26-31)48-44(47-42)35-21-20-32(40-34-16-4-6-17-37(34)49-41(35)40)29-19-22-39-36(25-29)33-15-5-7-18-38(33)50-39/h1-26H. The lowest BCUT2D eigenvalue weighted by molar-refractivity contribution is 0.669. The second-order valence-electron chi connectivity index (χ2n) is 12.3. The predicted molar refractivity (Wildman–Crippen MR) is 205 cm³/mol. The van der Waals surface area contributed by atoms with Crippen molar-refractivity contribution in [2.45, 2.75) is 0 Å². The van der Waals surface area contributed by atoms with E-state index >= 15 is 0 Å². The highest BCUT2D eigenvalue weighted by Gasteiger charge is 2.21. The number of hydrogen-bond donors (Lipinski definition) is 0. The third-order valence-corrected chi connectivity index (χ3v) is 10.4. The van der Waals surface area contributed by atoms with Crippen molar-refractivity contribution in [3.8, 4) is 56.4 Å². The maximum absolute atomic E-state index is 6.71. The number of fused-ring (bicyclic) bond motifs is 6. The van der Waals surface area contributed by atoms with Gasteiger partial charge in [0.15, 0.2) is 17.5 Å². The van der Waals surface area contributed by atoms with Crippen molar-refractivity contribution in [2.24, 2.45) is 0 Å². The lowest BCUT2D eigenvalue weighted by atomic mass is 9.96. The first-order valence-corrected chi connectivity index (χ1v) is 17.3. The number of aromatic nitrogens is 4. The van der Waals surface area contributed by atoms with Crippen LogP contribution in [0.1, 0.15) is 0 Å². The first-order valence-electron chi connectivity index (χ1n) is 16.5. The highest BCUT2D eigenvalue weighted by molar-refractivity contribution is 7.25. The molecule has 5 nitrogen and oxygen atoms in total. The summed E-state index contributed by atoms with van der Waals surface area (Å²) >= 11 is 1.83. The van der Waals surface area contributed by atoms with Crippen LogP contribution in [0, 0.1) is 0 Å². The number of nitrogens with zero attached hydrogens (tertiary/aromatic N) is 4. The molecule has 0 N–H and O–H groups in total. The maximum atomic E-state index is 6.71. The van der Waals surface area contributed by atoms with E-state index in [1.165, 1.54) is 20.2 Å². The molecule has 0 saturated carbocycles. The maximum Gasteiger partial charge on any atom is 0.167 e. The van der Waals surface area contributed by atoms with Crippen LogP contribution in [0.15, 0.2) is 162 Å². The van der Waals surface area contributed by atoms with Crippen LogP contribution in [0.25, 0.3) is 98.5 Å². The Labute approximate surface area is 291 Å². The summed E-state index contributed by atoms with van der Waals surface area (Å²) in [6.07, 6.45) is 3.65. The van der Waals surface area contributed by atoms with Crippen LogP contribution in [0.5, 0.6) is 0 Å². The number of hydrogen-bond acceptors (Lipinski definition) is 6.